The van der Waals surface area contributed by atoms with Crippen LogP contribution in [0.4, 0.5) is 0 Å². The molecular weight excluding hydrogens is 266 g/mol. The predicted octanol–water partition coefficient (Wildman–Crippen LogP) is 3.35. The van der Waals surface area contributed by atoms with Gasteiger partial charge in [0, 0.05) is 24.2 Å². The predicted molar refractivity (Wildman–Crippen MR) is 71.6 cm³/mol. The summed E-state index contributed by atoms with van der Waals surface area (Å²) >= 11 is 3.47. The van der Waals surface area contributed by atoms with Gasteiger partial charge >= 0.3 is 0 Å². The molecule has 0 spiro atoms. The molecule has 0 bridgehead atoms. The standard InChI is InChI=1S/C13H20BrNO/c1-3-13(16-4-2)10-15-9-11-6-5-7-12(14)8-11/h5-8,13,15H,3-4,9-10H2,1-2H3. The molecule has 16 heavy (non-hydrogen) atoms. The average Bonchev–Trinajstić information content (AvgIpc) is 2.28. The number of halogens is 1. The Kier molecular flexibility index (Phi) is 6.69. The van der Waals surface area contributed by atoms with Gasteiger partial charge in [-0.2, -0.15) is 0 Å². The van der Waals surface area contributed by atoms with E-state index < -0.39 is 0 Å². The van der Waals surface area contributed by atoms with Gasteiger partial charge in [0.05, 0.1) is 6.10 Å². The van der Waals surface area contributed by atoms with E-state index in [0.29, 0.717) is 6.10 Å². The Bertz CT molecular complexity index is 304. The molecule has 0 aliphatic heterocycles. The Morgan fingerprint density at radius 1 is 1.38 bits per heavy atom. The molecule has 1 aromatic carbocycles. The molecule has 0 radical (unpaired) electrons. The van der Waals surface area contributed by atoms with Crippen molar-refractivity contribution < 1.29 is 4.74 Å². The molecule has 3 heteroatoms. The molecule has 0 amide bonds. The molecule has 0 saturated heterocycles. The quantitative estimate of drug-likeness (QED) is 0.830. The lowest BCUT2D eigenvalue weighted by molar-refractivity contribution is 0.0600. The molecule has 0 aromatic heterocycles. The molecular formula is C13H20BrNO. The highest BCUT2D eigenvalue weighted by molar-refractivity contribution is 9.10. The minimum Gasteiger partial charge on any atom is -0.377 e. The Morgan fingerprint density at radius 2 is 2.19 bits per heavy atom. The maximum Gasteiger partial charge on any atom is 0.0696 e. The zero-order chi connectivity index (χ0) is 11.8. The minimum absolute atomic E-state index is 0.331. The number of benzene rings is 1. The molecule has 2 nitrogen and oxygen atoms in total. The van der Waals surface area contributed by atoms with Crippen LogP contribution in [0, 0.1) is 0 Å². The fourth-order valence-electron chi connectivity index (χ4n) is 1.58. The van der Waals surface area contributed by atoms with Crippen molar-refractivity contribution >= 4 is 15.9 Å². The molecule has 1 atom stereocenters. The summed E-state index contributed by atoms with van der Waals surface area (Å²) in [6.45, 7) is 6.79. The van der Waals surface area contributed by atoms with E-state index in [9.17, 15) is 0 Å². The summed E-state index contributed by atoms with van der Waals surface area (Å²) in [6, 6.07) is 8.35. The Labute approximate surface area is 107 Å². The van der Waals surface area contributed by atoms with E-state index in [4.69, 9.17) is 4.74 Å². The normalized spacial score (nSPS) is 12.7. The zero-order valence-electron chi connectivity index (χ0n) is 10.0. The third-order valence-electron chi connectivity index (χ3n) is 2.45. The largest absolute Gasteiger partial charge is 0.377 e. The molecule has 0 fully saturated rings. The van der Waals surface area contributed by atoms with Crippen molar-refractivity contribution in [1.29, 1.82) is 0 Å². The number of hydrogen-bond donors (Lipinski definition) is 1. The van der Waals surface area contributed by atoms with Crippen molar-refractivity contribution in [2.24, 2.45) is 0 Å². The van der Waals surface area contributed by atoms with Crippen molar-refractivity contribution in [3.63, 3.8) is 0 Å². The van der Waals surface area contributed by atoms with Crippen LogP contribution < -0.4 is 5.32 Å². The van der Waals surface area contributed by atoms with Crippen LogP contribution in [0.25, 0.3) is 0 Å². The fourth-order valence-corrected chi connectivity index (χ4v) is 2.03. The highest BCUT2D eigenvalue weighted by Crippen LogP contribution is 2.11. The van der Waals surface area contributed by atoms with Gasteiger partial charge in [0.25, 0.3) is 0 Å². The monoisotopic (exact) mass is 285 g/mol. The van der Waals surface area contributed by atoms with Crippen molar-refractivity contribution in [3.05, 3.63) is 34.3 Å². The van der Waals surface area contributed by atoms with Gasteiger partial charge in [-0.15, -0.1) is 0 Å². The molecule has 1 rings (SSSR count). The van der Waals surface area contributed by atoms with Crippen LogP contribution >= 0.6 is 15.9 Å². The molecule has 90 valence electrons. The smallest absolute Gasteiger partial charge is 0.0696 e. The Morgan fingerprint density at radius 3 is 2.81 bits per heavy atom. The van der Waals surface area contributed by atoms with E-state index in [1.807, 2.05) is 13.0 Å². The number of ether oxygens (including phenoxy) is 1. The molecule has 0 aliphatic rings. The second-order valence-corrected chi connectivity index (χ2v) is 4.66. The van der Waals surface area contributed by atoms with Gasteiger partial charge in [0.15, 0.2) is 0 Å². The maximum atomic E-state index is 5.58. The molecule has 1 aromatic rings. The molecule has 1 unspecified atom stereocenters. The lowest BCUT2D eigenvalue weighted by atomic mass is 10.2. The van der Waals surface area contributed by atoms with Crippen LogP contribution in [0.3, 0.4) is 0 Å². The van der Waals surface area contributed by atoms with Crippen LogP contribution in [0.15, 0.2) is 28.7 Å². The number of rotatable bonds is 7. The van der Waals surface area contributed by atoms with Crippen LogP contribution in [-0.2, 0) is 11.3 Å². The molecule has 0 saturated carbocycles. The Balaban J connectivity index is 2.29. The van der Waals surface area contributed by atoms with Crippen LogP contribution in [0.1, 0.15) is 25.8 Å². The highest BCUT2D eigenvalue weighted by atomic mass is 79.9. The molecule has 1 N–H and O–H groups in total. The number of nitrogens with one attached hydrogen (secondary N) is 1. The summed E-state index contributed by atoms with van der Waals surface area (Å²) in [4.78, 5) is 0. The van der Waals surface area contributed by atoms with Gasteiger partial charge in [0.1, 0.15) is 0 Å². The van der Waals surface area contributed by atoms with E-state index in [-0.39, 0.29) is 0 Å². The Hall–Kier alpha value is -0.380. The maximum absolute atomic E-state index is 5.58. The summed E-state index contributed by atoms with van der Waals surface area (Å²) in [5.74, 6) is 0. The van der Waals surface area contributed by atoms with Gasteiger partial charge in [-0.05, 0) is 31.0 Å². The average molecular weight is 286 g/mol. The summed E-state index contributed by atoms with van der Waals surface area (Å²) in [6.07, 6.45) is 1.39. The van der Waals surface area contributed by atoms with Crippen molar-refractivity contribution in [2.75, 3.05) is 13.2 Å². The summed E-state index contributed by atoms with van der Waals surface area (Å²) < 4.78 is 6.71. The first-order valence-electron chi connectivity index (χ1n) is 5.83. The second-order valence-electron chi connectivity index (χ2n) is 3.75. The lowest BCUT2D eigenvalue weighted by Crippen LogP contribution is -2.28. The van der Waals surface area contributed by atoms with Gasteiger partial charge < -0.3 is 10.1 Å². The summed E-state index contributed by atoms with van der Waals surface area (Å²) in [5.41, 5.74) is 1.29. The van der Waals surface area contributed by atoms with E-state index in [0.717, 1.165) is 30.6 Å². The van der Waals surface area contributed by atoms with Crippen LogP contribution in [0.5, 0.6) is 0 Å². The third-order valence-corrected chi connectivity index (χ3v) is 2.94. The SMILES string of the molecule is CCOC(CC)CNCc1cccc(Br)c1. The van der Waals surface area contributed by atoms with E-state index in [2.05, 4.69) is 46.4 Å². The first-order chi connectivity index (χ1) is 7.76. The van der Waals surface area contributed by atoms with Crippen molar-refractivity contribution in [1.82, 2.24) is 5.32 Å². The number of hydrogen-bond acceptors (Lipinski definition) is 2. The minimum atomic E-state index is 0.331. The van der Waals surface area contributed by atoms with Gasteiger partial charge in [-0.1, -0.05) is 35.0 Å². The summed E-state index contributed by atoms with van der Waals surface area (Å²) in [7, 11) is 0. The first kappa shape index (κ1) is 13.7. The van der Waals surface area contributed by atoms with Gasteiger partial charge in [-0.25, -0.2) is 0 Å². The van der Waals surface area contributed by atoms with E-state index in [1.165, 1.54) is 5.56 Å². The summed E-state index contributed by atoms with van der Waals surface area (Å²) in [5, 5.41) is 3.42. The zero-order valence-corrected chi connectivity index (χ0v) is 11.6. The van der Waals surface area contributed by atoms with Crippen LogP contribution in [0.2, 0.25) is 0 Å². The second kappa shape index (κ2) is 7.82. The van der Waals surface area contributed by atoms with Crippen LogP contribution in [-0.4, -0.2) is 19.3 Å². The topological polar surface area (TPSA) is 21.3 Å². The van der Waals surface area contributed by atoms with Gasteiger partial charge in [-0.3, -0.25) is 0 Å². The highest BCUT2D eigenvalue weighted by Gasteiger charge is 2.04. The van der Waals surface area contributed by atoms with Gasteiger partial charge in [0.2, 0.25) is 0 Å². The van der Waals surface area contributed by atoms with E-state index >= 15 is 0 Å². The lowest BCUT2D eigenvalue weighted by Gasteiger charge is -2.15. The molecule has 0 heterocycles. The van der Waals surface area contributed by atoms with E-state index in [1.54, 1.807) is 0 Å². The fraction of sp³-hybridized carbons (Fsp3) is 0.538. The van der Waals surface area contributed by atoms with Crippen molar-refractivity contribution in [2.45, 2.75) is 32.9 Å². The van der Waals surface area contributed by atoms with Crippen molar-refractivity contribution in [3.8, 4) is 0 Å². The first-order valence-corrected chi connectivity index (χ1v) is 6.62. The third kappa shape index (κ3) is 5.10. The molecule has 0 aliphatic carbocycles.